The average molecular weight is 347 g/mol. The van der Waals surface area contributed by atoms with Gasteiger partial charge in [0.25, 0.3) is 0 Å². The van der Waals surface area contributed by atoms with Crippen LogP contribution in [0.3, 0.4) is 0 Å². The predicted octanol–water partition coefficient (Wildman–Crippen LogP) is 4.09. The molecule has 0 aliphatic rings. The summed E-state index contributed by atoms with van der Waals surface area (Å²) in [7, 11) is 3.28. The van der Waals surface area contributed by atoms with Crippen molar-refractivity contribution >= 4 is 21.4 Å². The van der Waals surface area contributed by atoms with E-state index in [0.717, 1.165) is 33.0 Å². The number of nitrogens with zero attached hydrogens (tertiary/aromatic N) is 2. The van der Waals surface area contributed by atoms with E-state index in [0.29, 0.717) is 0 Å². The highest BCUT2D eigenvalue weighted by molar-refractivity contribution is 9.10. The Morgan fingerprint density at radius 2 is 1.71 bits per heavy atom. The maximum atomic E-state index is 5.33. The summed E-state index contributed by atoms with van der Waals surface area (Å²) < 4.78 is 13.5. The molecule has 0 aliphatic heterocycles. The molecule has 0 saturated heterocycles. The lowest BCUT2D eigenvalue weighted by atomic mass is 10.2. The molecule has 3 aromatic rings. The maximum Gasteiger partial charge on any atom is 0.146 e. The summed E-state index contributed by atoms with van der Waals surface area (Å²) in [6.45, 7) is 2.06. The Hall–Kier alpha value is -2.01. The number of imidazole rings is 1. The molecule has 0 spiro atoms. The van der Waals surface area contributed by atoms with E-state index >= 15 is 0 Å². The van der Waals surface area contributed by atoms with Gasteiger partial charge in [-0.05, 0) is 46.6 Å². The third-order valence-electron chi connectivity index (χ3n) is 3.35. The van der Waals surface area contributed by atoms with Crippen molar-refractivity contribution in [1.82, 2.24) is 9.38 Å². The van der Waals surface area contributed by atoms with Crippen molar-refractivity contribution in [1.29, 1.82) is 0 Å². The third-order valence-corrected chi connectivity index (χ3v) is 3.93. The van der Waals surface area contributed by atoms with Gasteiger partial charge in [-0.1, -0.05) is 6.07 Å². The zero-order chi connectivity index (χ0) is 15.0. The lowest BCUT2D eigenvalue weighted by molar-refractivity contribution is 0.394. The second kappa shape index (κ2) is 5.41. The molecule has 0 amide bonds. The van der Waals surface area contributed by atoms with Crippen molar-refractivity contribution in [3.8, 4) is 22.9 Å². The van der Waals surface area contributed by atoms with Crippen molar-refractivity contribution in [3.05, 3.63) is 46.7 Å². The van der Waals surface area contributed by atoms with Crippen molar-refractivity contribution in [3.63, 3.8) is 0 Å². The van der Waals surface area contributed by atoms with Crippen LogP contribution in [-0.2, 0) is 0 Å². The summed E-state index contributed by atoms with van der Waals surface area (Å²) in [6.07, 6.45) is 2.06. The summed E-state index contributed by atoms with van der Waals surface area (Å²) in [5.74, 6) is 2.33. The van der Waals surface area contributed by atoms with Crippen LogP contribution in [0.25, 0.3) is 16.9 Å². The predicted molar refractivity (Wildman–Crippen MR) is 86.2 cm³/mol. The molecule has 0 unspecified atom stereocenters. The summed E-state index contributed by atoms with van der Waals surface area (Å²) in [5.41, 5.74) is 3.14. The smallest absolute Gasteiger partial charge is 0.146 e. The van der Waals surface area contributed by atoms with Gasteiger partial charge >= 0.3 is 0 Å². The molecule has 108 valence electrons. The zero-order valence-corrected chi connectivity index (χ0v) is 13.6. The Labute approximate surface area is 131 Å². The number of rotatable bonds is 3. The first kappa shape index (κ1) is 13.9. The fraction of sp³-hybridized carbons (Fsp3) is 0.188. The van der Waals surface area contributed by atoms with Gasteiger partial charge in [0.15, 0.2) is 0 Å². The highest BCUT2D eigenvalue weighted by Crippen LogP contribution is 2.32. The number of hydrogen-bond donors (Lipinski definition) is 0. The number of halogens is 1. The number of aryl methyl sites for hydroxylation is 1. The van der Waals surface area contributed by atoms with Crippen LogP contribution in [0.5, 0.6) is 11.5 Å². The number of pyridine rings is 1. The molecule has 21 heavy (non-hydrogen) atoms. The van der Waals surface area contributed by atoms with Gasteiger partial charge in [0.05, 0.1) is 19.7 Å². The highest BCUT2D eigenvalue weighted by Gasteiger charge is 2.13. The van der Waals surface area contributed by atoms with E-state index in [1.54, 1.807) is 14.2 Å². The Balaban J connectivity index is 2.27. The molecule has 0 saturated carbocycles. The Kier molecular flexibility index (Phi) is 3.59. The summed E-state index contributed by atoms with van der Waals surface area (Å²) in [5, 5.41) is 0. The molecule has 3 rings (SSSR count). The Morgan fingerprint density at radius 3 is 2.33 bits per heavy atom. The average Bonchev–Trinajstić information content (AvgIpc) is 2.83. The van der Waals surface area contributed by atoms with Crippen LogP contribution < -0.4 is 9.47 Å². The molecular weight excluding hydrogens is 332 g/mol. The SMILES string of the molecule is COc1cc(OC)cc(-c2nc(Br)c3ccc(C)cn23)c1. The van der Waals surface area contributed by atoms with Crippen LogP contribution in [-0.4, -0.2) is 23.6 Å². The summed E-state index contributed by atoms with van der Waals surface area (Å²) >= 11 is 3.52. The number of methoxy groups -OCH3 is 2. The van der Waals surface area contributed by atoms with E-state index in [9.17, 15) is 0 Å². The molecule has 0 fully saturated rings. The second-order valence-corrected chi connectivity index (χ2v) is 5.54. The van der Waals surface area contributed by atoms with Gasteiger partial charge in [0.1, 0.15) is 21.9 Å². The molecular formula is C16H15BrN2O2. The van der Waals surface area contributed by atoms with E-state index in [-0.39, 0.29) is 0 Å². The van der Waals surface area contributed by atoms with Crippen molar-refractivity contribution in [2.45, 2.75) is 6.92 Å². The number of hydrogen-bond acceptors (Lipinski definition) is 3. The molecule has 0 atom stereocenters. The lowest BCUT2D eigenvalue weighted by Gasteiger charge is -2.08. The molecule has 4 nitrogen and oxygen atoms in total. The largest absolute Gasteiger partial charge is 0.497 e. The van der Waals surface area contributed by atoms with Crippen LogP contribution in [0, 0.1) is 6.92 Å². The lowest BCUT2D eigenvalue weighted by Crippen LogP contribution is -1.93. The van der Waals surface area contributed by atoms with E-state index in [2.05, 4.69) is 44.5 Å². The normalized spacial score (nSPS) is 10.9. The zero-order valence-electron chi connectivity index (χ0n) is 12.1. The standard InChI is InChI=1S/C16H15BrN2O2/c1-10-4-5-14-15(17)18-16(19(14)9-10)11-6-12(20-2)8-13(7-11)21-3/h4-9H,1-3H3. The molecule has 2 heterocycles. The van der Waals surface area contributed by atoms with E-state index < -0.39 is 0 Å². The van der Waals surface area contributed by atoms with Gasteiger partial charge in [0.2, 0.25) is 0 Å². The first-order chi connectivity index (χ1) is 10.1. The van der Waals surface area contributed by atoms with Crippen LogP contribution in [0.15, 0.2) is 41.1 Å². The Bertz CT molecular complexity index is 789. The number of benzene rings is 1. The number of aromatic nitrogens is 2. The molecule has 0 N–H and O–H groups in total. The van der Waals surface area contributed by atoms with Crippen molar-refractivity contribution in [2.24, 2.45) is 0 Å². The Morgan fingerprint density at radius 1 is 1.05 bits per heavy atom. The van der Waals surface area contributed by atoms with E-state index in [4.69, 9.17) is 9.47 Å². The molecule has 2 aromatic heterocycles. The van der Waals surface area contributed by atoms with Crippen molar-refractivity contribution in [2.75, 3.05) is 14.2 Å². The quantitative estimate of drug-likeness (QED) is 0.716. The highest BCUT2D eigenvalue weighted by atomic mass is 79.9. The van der Waals surface area contributed by atoms with Crippen LogP contribution >= 0.6 is 15.9 Å². The van der Waals surface area contributed by atoms with Crippen LogP contribution in [0.2, 0.25) is 0 Å². The van der Waals surface area contributed by atoms with Gasteiger partial charge < -0.3 is 9.47 Å². The van der Waals surface area contributed by atoms with E-state index in [1.165, 1.54) is 5.56 Å². The van der Waals surface area contributed by atoms with Gasteiger partial charge in [-0.15, -0.1) is 0 Å². The van der Waals surface area contributed by atoms with Crippen LogP contribution in [0.4, 0.5) is 0 Å². The third kappa shape index (κ3) is 2.49. The fourth-order valence-corrected chi connectivity index (χ4v) is 2.79. The van der Waals surface area contributed by atoms with Gasteiger partial charge in [-0.3, -0.25) is 4.40 Å². The first-order valence-electron chi connectivity index (χ1n) is 6.50. The van der Waals surface area contributed by atoms with Crippen LogP contribution in [0.1, 0.15) is 5.56 Å². The van der Waals surface area contributed by atoms with E-state index in [1.807, 2.05) is 24.3 Å². The minimum absolute atomic E-state index is 0.741. The molecule has 5 heteroatoms. The van der Waals surface area contributed by atoms with Crippen molar-refractivity contribution < 1.29 is 9.47 Å². The molecule has 1 aromatic carbocycles. The second-order valence-electron chi connectivity index (χ2n) is 4.79. The first-order valence-corrected chi connectivity index (χ1v) is 7.29. The maximum absolute atomic E-state index is 5.33. The summed E-state index contributed by atoms with van der Waals surface area (Å²) in [6, 6.07) is 9.86. The molecule has 0 bridgehead atoms. The number of ether oxygens (including phenoxy) is 2. The number of fused-ring (bicyclic) bond motifs is 1. The monoisotopic (exact) mass is 346 g/mol. The summed E-state index contributed by atoms with van der Waals surface area (Å²) in [4.78, 5) is 4.62. The van der Waals surface area contributed by atoms with Gasteiger partial charge in [-0.2, -0.15) is 0 Å². The minimum atomic E-state index is 0.741. The molecule has 0 radical (unpaired) electrons. The van der Waals surface area contributed by atoms with Gasteiger partial charge in [-0.25, -0.2) is 4.98 Å². The topological polar surface area (TPSA) is 35.8 Å². The molecule has 0 aliphatic carbocycles. The minimum Gasteiger partial charge on any atom is -0.497 e. The fourth-order valence-electron chi connectivity index (χ4n) is 2.29. The van der Waals surface area contributed by atoms with Gasteiger partial charge in [0, 0.05) is 17.8 Å².